The molecule has 1 aliphatic rings. The van der Waals surface area contributed by atoms with Gasteiger partial charge in [0.05, 0.1) is 0 Å². The molecule has 0 heterocycles. The van der Waals surface area contributed by atoms with Crippen molar-refractivity contribution < 1.29 is 0 Å². The predicted octanol–water partition coefficient (Wildman–Crippen LogP) is 5.78. The fourth-order valence-electron chi connectivity index (χ4n) is 3.00. The van der Waals surface area contributed by atoms with Crippen molar-refractivity contribution in [2.45, 2.75) is 83.4 Å². The summed E-state index contributed by atoms with van der Waals surface area (Å²) in [4.78, 5) is 0. The van der Waals surface area contributed by atoms with Gasteiger partial charge in [0.25, 0.3) is 0 Å². The van der Waals surface area contributed by atoms with E-state index in [0.717, 1.165) is 11.8 Å². The Hall–Kier alpha value is 0.290. The molecule has 16 heavy (non-hydrogen) atoms. The van der Waals surface area contributed by atoms with Gasteiger partial charge in [-0.25, -0.2) is 0 Å². The second-order valence-corrected chi connectivity index (χ2v) is 6.11. The van der Waals surface area contributed by atoms with Gasteiger partial charge in [-0.3, -0.25) is 0 Å². The van der Waals surface area contributed by atoms with E-state index in [9.17, 15) is 0 Å². The summed E-state index contributed by atoms with van der Waals surface area (Å²) in [7, 11) is 0. The third-order valence-corrected chi connectivity index (χ3v) is 4.88. The number of rotatable bonds is 8. The molecule has 0 spiro atoms. The largest absolute Gasteiger partial charge is 0.123 e. The van der Waals surface area contributed by atoms with Gasteiger partial charge >= 0.3 is 0 Å². The summed E-state index contributed by atoms with van der Waals surface area (Å²) >= 11 is 6.52. The molecule has 1 aliphatic carbocycles. The molecule has 1 rings (SSSR count). The molecule has 0 aliphatic heterocycles. The molecule has 1 fully saturated rings. The smallest absolute Gasteiger partial charge is 0.0364 e. The molecular formula is C15H29Cl. The van der Waals surface area contributed by atoms with Gasteiger partial charge in [-0.15, -0.1) is 11.6 Å². The zero-order valence-electron chi connectivity index (χ0n) is 11.2. The van der Waals surface area contributed by atoms with Gasteiger partial charge in [0.1, 0.15) is 0 Å². The van der Waals surface area contributed by atoms with Crippen molar-refractivity contribution >= 4 is 11.6 Å². The maximum atomic E-state index is 6.52. The second-order valence-electron chi connectivity index (χ2n) is 5.55. The summed E-state index contributed by atoms with van der Waals surface area (Å²) in [6.07, 6.45) is 13.7. The van der Waals surface area contributed by atoms with E-state index in [1.165, 1.54) is 64.2 Å². The molecule has 96 valence electrons. The standard InChI is InChI=1S/C15H29Cl/c1-3-5-8-13(4-2)11-12-15(16)14-9-6-7-10-14/h13-15H,3-12H2,1-2H3. The van der Waals surface area contributed by atoms with Crippen LogP contribution in [0.2, 0.25) is 0 Å². The minimum absolute atomic E-state index is 0.471. The van der Waals surface area contributed by atoms with Crippen molar-refractivity contribution in [1.29, 1.82) is 0 Å². The fraction of sp³-hybridized carbons (Fsp3) is 1.00. The zero-order valence-corrected chi connectivity index (χ0v) is 11.9. The molecule has 0 saturated heterocycles. The summed E-state index contributed by atoms with van der Waals surface area (Å²) in [5.41, 5.74) is 0. The number of unbranched alkanes of at least 4 members (excludes halogenated alkanes) is 1. The fourth-order valence-corrected chi connectivity index (χ4v) is 3.37. The van der Waals surface area contributed by atoms with Crippen LogP contribution in [0.15, 0.2) is 0 Å². The SMILES string of the molecule is CCCCC(CC)CCC(Cl)C1CCCC1. The van der Waals surface area contributed by atoms with Crippen LogP contribution >= 0.6 is 11.6 Å². The molecule has 0 aromatic carbocycles. The molecular weight excluding hydrogens is 216 g/mol. The normalized spacial score (nSPS) is 21.2. The van der Waals surface area contributed by atoms with Crippen molar-refractivity contribution in [2.24, 2.45) is 11.8 Å². The minimum atomic E-state index is 0.471. The maximum absolute atomic E-state index is 6.52. The van der Waals surface area contributed by atoms with E-state index in [1.54, 1.807) is 0 Å². The Bertz CT molecular complexity index is 161. The van der Waals surface area contributed by atoms with E-state index in [0.29, 0.717) is 5.38 Å². The van der Waals surface area contributed by atoms with Crippen LogP contribution in [0.25, 0.3) is 0 Å². The Morgan fingerprint density at radius 2 is 1.75 bits per heavy atom. The van der Waals surface area contributed by atoms with Crippen molar-refractivity contribution in [3.63, 3.8) is 0 Å². The van der Waals surface area contributed by atoms with Crippen LogP contribution in [0.5, 0.6) is 0 Å². The molecule has 2 unspecified atom stereocenters. The van der Waals surface area contributed by atoms with Crippen LogP contribution < -0.4 is 0 Å². The summed E-state index contributed by atoms with van der Waals surface area (Å²) in [6.45, 7) is 4.62. The lowest BCUT2D eigenvalue weighted by Gasteiger charge is -2.20. The molecule has 0 radical (unpaired) electrons. The highest BCUT2D eigenvalue weighted by Crippen LogP contribution is 2.33. The lowest BCUT2D eigenvalue weighted by Crippen LogP contribution is -2.13. The number of alkyl halides is 1. The predicted molar refractivity (Wildman–Crippen MR) is 74.1 cm³/mol. The first-order valence-corrected chi connectivity index (χ1v) is 7.85. The first-order valence-electron chi connectivity index (χ1n) is 7.42. The van der Waals surface area contributed by atoms with E-state index in [4.69, 9.17) is 11.6 Å². The van der Waals surface area contributed by atoms with Gasteiger partial charge in [0, 0.05) is 5.38 Å². The van der Waals surface area contributed by atoms with E-state index >= 15 is 0 Å². The highest BCUT2D eigenvalue weighted by molar-refractivity contribution is 6.20. The lowest BCUT2D eigenvalue weighted by atomic mass is 9.90. The quantitative estimate of drug-likeness (QED) is 0.475. The summed E-state index contributed by atoms with van der Waals surface area (Å²) < 4.78 is 0. The van der Waals surface area contributed by atoms with E-state index < -0.39 is 0 Å². The second kappa shape index (κ2) is 8.39. The molecule has 0 amide bonds. The summed E-state index contributed by atoms with van der Waals surface area (Å²) in [5.74, 6) is 1.77. The number of hydrogen-bond donors (Lipinski definition) is 0. The Balaban J connectivity index is 2.14. The van der Waals surface area contributed by atoms with Gasteiger partial charge in [-0.2, -0.15) is 0 Å². The van der Waals surface area contributed by atoms with Crippen molar-refractivity contribution in [3.8, 4) is 0 Å². The molecule has 1 heteroatoms. The monoisotopic (exact) mass is 244 g/mol. The van der Waals surface area contributed by atoms with Gasteiger partial charge in [0.2, 0.25) is 0 Å². The van der Waals surface area contributed by atoms with Gasteiger partial charge in [-0.1, -0.05) is 52.4 Å². The topological polar surface area (TPSA) is 0 Å². The van der Waals surface area contributed by atoms with Crippen LogP contribution in [0.1, 0.15) is 78.1 Å². The van der Waals surface area contributed by atoms with E-state index in [-0.39, 0.29) is 0 Å². The van der Waals surface area contributed by atoms with Gasteiger partial charge < -0.3 is 0 Å². The maximum Gasteiger partial charge on any atom is 0.0364 e. The lowest BCUT2D eigenvalue weighted by molar-refractivity contribution is 0.381. The molecule has 0 nitrogen and oxygen atoms in total. The number of hydrogen-bond acceptors (Lipinski definition) is 0. The van der Waals surface area contributed by atoms with Crippen LogP contribution in [-0.4, -0.2) is 5.38 Å². The summed E-state index contributed by atoms with van der Waals surface area (Å²) in [6, 6.07) is 0. The summed E-state index contributed by atoms with van der Waals surface area (Å²) in [5, 5.41) is 0.471. The average molecular weight is 245 g/mol. The van der Waals surface area contributed by atoms with Crippen LogP contribution in [0.3, 0.4) is 0 Å². The number of halogens is 1. The third-order valence-electron chi connectivity index (χ3n) is 4.31. The Morgan fingerprint density at radius 3 is 2.31 bits per heavy atom. The van der Waals surface area contributed by atoms with E-state index in [1.807, 2.05) is 0 Å². The molecule has 0 N–H and O–H groups in total. The van der Waals surface area contributed by atoms with Crippen LogP contribution in [-0.2, 0) is 0 Å². The van der Waals surface area contributed by atoms with Crippen molar-refractivity contribution in [1.82, 2.24) is 0 Å². The molecule has 1 saturated carbocycles. The molecule has 2 atom stereocenters. The molecule has 0 bridgehead atoms. The Labute approximate surface area is 107 Å². The highest BCUT2D eigenvalue weighted by Gasteiger charge is 2.23. The minimum Gasteiger partial charge on any atom is -0.123 e. The first-order chi connectivity index (χ1) is 7.77. The van der Waals surface area contributed by atoms with Gasteiger partial charge in [-0.05, 0) is 37.5 Å². The zero-order chi connectivity index (χ0) is 11.8. The van der Waals surface area contributed by atoms with Crippen LogP contribution in [0, 0.1) is 11.8 Å². The molecule has 0 aromatic rings. The van der Waals surface area contributed by atoms with Gasteiger partial charge in [0.15, 0.2) is 0 Å². The van der Waals surface area contributed by atoms with Crippen molar-refractivity contribution in [2.75, 3.05) is 0 Å². The highest BCUT2D eigenvalue weighted by atomic mass is 35.5. The first kappa shape index (κ1) is 14.4. The van der Waals surface area contributed by atoms with E-state index in [2.05, 4.69) is 13.8 Å². The van der Waals surface area contributed by atoms with Crippen LogP contribution in [0.4, 0.5) is 0 Å². The average Bonchev–Trinajstić information content (AvgIpc) is 2.82. The molecule has 0 aromatic heterocycles. The van der Waals surface area contributed by atoms with Crippen molar-refractivity contribution in [3.05, 3.63) is 0 Å². The Kier molecular flexibility index (Phi) is 7.53. The Morgan fingerprint density at radius 1 is 1.06 bits per heavy atom. The third kappa shape index (κ3) is 5.08.